The zero-order chi connectivity index (χ0) is 12.2. The molecule has 2 rings (SSSR count). The first-order valence-corrected chi connectivity index (χ1v) is 6.82. The van der Waals surface area contributed by atoms with Crippen molar-refractivity contribution in [2.24, 2.45) is 11.8 Å². The van der Waals surface area contributed by atoms with Gasteiger partial charge in [0.15, 0.2) is 4.75 Å². The Morgan fingerprint density at radius 1 is 0.875 bits per heavy atom. The molecule has 0 aromatic carbocycles. The molecule has 0 aromatic rings. The summed E-state index contributed by atoms with van der Waals surface area (Å²) in [6.45, 7) is 0. The Morgan fingerprint density at radius 3 is 1.50 bits per heavy atom. The third-order valence-corrected chi connectivity index (χ3v) is 3.71. The summed E-state index contributed by atoms with van der Waals surface area (Å²) in [7, 11) is -5.74. The number of rotatable bonds is 1. The maximum absolute atomic E-state index is 10.7. The molecule has 2 aliphatic carbocycles. The van der Waals surface area contributed by atoms with Gasteiger partial charge in [-0.2, -0.15) is 8.42 Å². The Labute approximate surface area is 93.8 Å². The predicted molar refractivity (Wildman–Crippen MR) is 53.4 cm³/mol. The lowest BCUT2D eigenvalue weighted by Crippen LogP contribution is -2.12. The highest BCUT2D eigenvalue weighted by molar-refractivity contribution is 7.83. The van der Waals surface area contributed by atoms with Crippen LogP contribution < -0.4 is 0 Å². The van der Waals surface area contributed by atoms with Crippen molar-refractivity contribution in [2.45, 2.75) is 44.9 Å². The molecule has 96 valence electrons. The van der Waals surface area contributed by atoms with Crippen LogP contribution in [0.2, 0.25) is 0 Å². The van der Waals surface area contributed by atoms with Crippen LogP contribution >= 0.6 is 0 Å². The molecule has 0 N–H and O–H groups in total. The first-order valence-electron chi connectivity index (χ1n) is 5.47. The lowest BCUT2D eigenvalue weighted by molar-refractivity contribution is -0.0591. The second-order valence-electron chi connectivity index (χ2n) is 4.35. The van der Waals surface area contributed by atoms with E-state index in [-0.39, 0.29) is 0 Å². The second-order valence-corrected chi connectivity index (χ2v) is 5.45. The average Bonchev–Trinajstić information content (AvgIpc) is 2.64. The van der Waals surface area contributed by atoms with Crippen molar-refractivity contribution in [1.82, 2.24) is 4.75 Å². The summed E-state index contributed by atoms with van der Waals surface area (Å²) < 4.78 is 46.7. The molecule has 2 atom stereocenters. The standard InChI is InChI=1S/C9H16.F3NO2S/c1-2-5-9-7-3-6-8(9)4-1;1-4(2)7(3,5)6/h8-9H,1-7H2;. The second kappa shape index (κ2) is 5.86. The minimum absolute atomic E-state index is 1.17. The van der Waals surface area contributed by atoms with Crippen molar-refractivity contribution in [2.75, 3.05) is 0 Å². The quantitative estimate of drug-likeness (QED) is 0.535. The molecule has 2 unspecified atom stereocenters. The van der Waals surface area contributed by atoms with Crippen LogP contribution in [0.25, 0.3) is 0 Å². The summed E-state index contributed by atoms with van der Waals surface area (Å²) >= 11 is 0. The molecule has 3 nitrogen and oxygen atoms in total. The van der Waals surface area contributed by atoms with E-state index in [1.807, 2.05) is 0 Å². The summed E-state index contributed by atoms with van der Waals surface area (Å²) in [5.74, 6) is 2.33. The molecular formula is C9H16F3NO2S. The van der Waals surface area contributed by atoms with Gasteiger partial charge >= 0.3 is 10.4 Å². The zero-order valence-electron chi connectivity index (χ0n) is 8.91. The number of hydrogen-bond donors (Lipinski definition) is 0. The fourth-order valence-electron chi connectivity index (χ4n) is 2.69. The maximum Gasteiger partial charge on any atom is 0.430 e. The van der Waals surface area contributed by atoms with Crippen LogP contribution in [0.5, 0.6) is 0 Å². The minimum atomic E-state index is -5.74. The van der Waals surface area contributed by atoms with E-state index in [1.165, 1.54) is 31.1 Å². The van der Waals surface area contributed by atoms with Crippen molar-refractivity contribution in [1.29, 1.82) is 0 Å². The van der Waals surface area contributed by atoms with Gasteiger partial charge in [-0.3, -0.25) is 0 Å². The molecule has 0 heterocycles. The Morgan fingerprint density at radius 2 is 1.19 bits per heavy atom. The normalized spacial score (nSPS) is 29.5. The van der Waals surface area contributed by atoms with E-state index in [2.05, 4.69) is 0 Å². The minimum Gasteiger partial charge on any atom is -0.172 e. The van der Waals surface area contributed by atoms with Gasteiger partial charge in [0.2, 0.25) is 0 Å². The Kier molecular flexibility index (Phi) is 5.04. The number of fused-ring (bicyclic) bond motifs is 1. The van der Waals surface area contributed by atoms with E-state index in [9.17, 15) is 12.8 Å². The molecule has 0 radical (unpaired) electrons. The van der Waals surface area contributed by atoms with Crippen molar-refractivity contribution in [3.63, 3.8) is 0 Å². The molecule has 2 aliphatic rings. The summed E-state index contributed by atoms with van der Waals surface area (Å²) in [6, 6.07) is 0. The van der Waals surface area contributed by atoms with Gasteiger partial charge in [-0.25, -0.2) is 0 Å². The molecular weight excluding hydrogens is 243 g/mol. The molecule has 0 spiro atoms. The smallest absolute Gasteiger partial charge is 0.172 e. The van der Waals surface area contributed by atoms with Crippen molar-refractivity contribution in [3.05, 3.63) is 0 Å². The van der Waals surface area contributed by atoms with E-state index >= 15 is 0 Å². The van der Waals surface area contributed by atoms with E-state index in [1.54, 1.807) is 25.7 Å². The van der Waals surface area contributed by atoms with Crippen molar-refractivity contribution in [3.8, 4) is 0 Å². The van der Waals surface area contributed by atoms with Crippen LogP contribution in [0.3, 0.4) is 0 Å². The molecule has 0 bridgehead atoms. The highest BCUT2D eigenvalue weighted by Crippen LogP contribution is 2.41. The van der Waals surface area contributed by atoms with Gasteiger partial charge in [-0.15, -0.1) is 0 Å². The Bertz CT molecular complexity index is 296. The molecule has 2 fully saturated rings. The summed E-state index contributed by atoms with van der Waals surface area (Å²) in [5.41, 5.74) is 0. The molecule has 0 amide bonds. The number of hydrogen-bond acceptors (Lipinski definition) is 2. The van der Waals surface area contributed by atoms with E-state index in [4.69, 9.17) is 8.42 Å². The Balaban J connectivity index is 0.000000168. The Hall–Kier alpha value is -0.300. The van der Waals surface area contributed by atoms with Gasteiger partial charge in [0.05, 0.1) is 0 Å². The van der Waals surface area contributed by atoms with Crippen LogP contribution in [0.4, 0.5) is 12.8 Å². The lowest BCUT2D eigenvalue weighted by Gasteiger charge is -2.24. The molecule has 2 saturated carbocycles. The fraction of sp³-hybridized carbons (Fsp3) is 1.00. The fourth-order valence-corrected chi connectivity index (χ4v) is 2.69. The molecule has 0 saturated heterocycles. The molecule has 0 aliphatic heterocycles. The van der Waals surface area contributed by atoms with Gasteiger partial charge in [-0.1, -0.05) is 57.8 Å². The first-order chi connectivity index (χ1) is 7.41. The van der Waals surface area contributed by atoms with Gasteiger partial charge in [-0.05, 0) is 11.8 Å². The van der Waals surface area contributed by atoms with E-state index < -0.39 is 15.2 Å². The zero-order valence-corrected chi connectivity index (χ0v) is 9.73. The van der Waals surface area contributed by atoms with Crippen LogP contribution in [0, 0.1) is 11.8 Å². The van der Waals surface area contributed by atoms with E-state index in [0.29, 0.717) is 0 Å². The van der Waals surface area contributed by atoms with Crippen molar-refractivity contribution >= 4 is 10.4 Å². The van der Waals surface area contributed by atoms with Gasteiger partial charge < -0.3 is 0 Å². The summed E-state index contributed by atoms with van der Waals surface area (Å²) in [4.78, 5) is 0. The van der Waals surface area contributed by atoms with Crippen LogP contribution in [-0.4, -0.2) is 13.2 Å². The monoisotopic (exact) mass is 259 g/mol. The van der Waals surface area contributed by atoms with Gasteiger partial charge in [0, 0.05) is 0 Å². The third kappa shape index (κ3) is 4.29. The highest BCUT2D eigenvalue weighted by Gasteiger charge is 2.28. The molecule has 0 aromatic heterocycles. The number of halogens is 3. The van der Waals surface area contributed by atoms with Gasteiger partial charge in [0.25, 0.3) is 0 Å². The summed E-state index contributed by atoms with van der Waals surface area (Å²) in [6.07, 6.45) is 10.8. The van der Waals surface area contributed by atoms with Crippen LogP contribution in [0.1, 0.15) is 44.9 Å². The third-order valence-electron chi connectivity index (χ3n) is 3.38. The topological polar surface area (TPSA) is 37.4 Å². The van der Waals surface area contributed by atoms with Gasteiger partial charge in [0.1, 0.15) is 0 Å². The number of nitrogens with zero attached hydrogens (tertiary/aromatic N) is 1. The maximum atomic E-state index is 10.7. The van der Waals surface area contributed by atoms with Crippen LogP contribution in [0.15, 0.2) is 0 Å². The highest BCUT2D eigenvalue weighted by atomic mass is 32.3. The van der Waals surface area contributed by atoms with Crippen LogP contribution in [-0.2, 0) is 10.4 Å². The molecule has 7 heteroatoms. The SMILES string of the molecule is C1CCC2CCCC2C1.O=S(=O)(F)N(F)F. The average molecular weight is 259 g/mol. The van der Waals surface area contributed by atoms with E-state index in [0.717, 1.165) is 0 Å². The predicted octanol–water partition coefficient (Wildman–Crippen LogP) is 3.25. The summed E-state index contributed by atoms with van der Waals surface area (Å²) in [5, 5.41) is 0. The van der Waals surface area contributed by atoms with Crippen molar-refractivity contribution < 1.29 is 21.3 Å². The largest absolute Gasteiger partial charge is 0.430 e. The first kappa shape index (κ1) is 13.8. The lowest BCUT2D eigenvalue weighted by atomic mass is 9.82. The molecule has 16 heavy (non-hydrogen) atoms.